The highest BCUT2D eigenvalue weighted by Gasteiger charge is 2.01. The molecule has 0 aliphatic rings. The number of hydrogen-bond donors (Lipinski definition) is 1. The van der Waals surface area contributed by atoms with E-state index in [-0.39, 0.29) is 6.04 Å². The molecule has 2 N–H and O–H groups in total. The largest absolute Gasteiger partial charge is 0.351 e. The van der Waals surface area contributed by atoms with Gasteiger partial charge in [-0.3, -0.25) is 0 Å². The number of hydrogen-bond acceptors (Lipinski definition) is 1. The highest BCUT2D eigenvalue weighted by atomic mass is 14.9. The molecule has 74 valence electrons. The molecule has 0 saturated heterocycles. The molecule has 2 nitrogen and oxygen atoms in total. The van der Waals surface area contributed by atoms with Crippen LogP contribution in [-0.2, 0) is 13.5 Å². The van der Waals surface area contributed by atoms with E-state index in [0.29, 0.717) is 0 Å². The fourth-order valence-corrected chi connectivity index (χ4v) is 1.83. The zero-order chi connectivity index (χ0) is 10.1. The lowest BCUT2D eigenvalue weighted by atomic mass is 10.1. The molecule has 0 aliphatic carbocycles. The highest BCUT2D eigenvalue weighted by molar-refractivity contribution is 5.80. The molecule has 2 aromatic rings. The summed E-state index contributed by atoms with van der Waals surface area (Å²) >= 11 is 0. The van der Waals surface area contributed by atoms with Crippen molar-refractivity contribution in [1.29, 1.82) is 0 Å². The smallest absolute Gasteiger partial charge is 0.0477 e. The van der Waals surface area contributed by atoms with Crippen LogP contribution >= 0.6 is 0 Å². The topological polar surface area (TPSA) is 30.9 Å². The van der Waals surface area contributed by atoms with Crippen LogP contribution in [0.15, 0.2) is 30.5 Å². The fourth-order valence-electron chi connectivity index (χ4n) is 1.83. The van der Waals surface area contributed by atoms with Crippen molar-refractivity contribution in [3.05, 3.63) is 36.0 Å². The first-order chi connectivity index (χ1) is 6.66. The molecule has 0 aliphatic heterocycles. The van der Waals surface area contributed by atoms with Gasteiger partial charge in [0.2, 0.25) is 0 Å². The van der Waals surface area contributed by atoms with E-state index >= 15 is 0 Å². The van der Waals surface area contributed by atoms with E-state index in [1.165, 1.54) is 16.5 Å². The van der Waals surface area contributed by atoms with E-state index < -0.39 is 0 Å². The maximum atomic E-state index is 5.77. The summed E-state index contributed by atoms with van der Waals surface area (Å²) in [4.78, 5) is 0. The fraction of sp³-hybridized carbons (Fsp3) is 0.333. The van der Waals surface area contributed by atoms with Gasteiger partial charge in [0.25, 0.3) is 0 Å². The highest BCUT2D eigenvalue weighted by Crippen LogP contribution is 2.17. The second kappa shape index (κ2) is 3.46. The molecule has 1 heterocycles. The van der Waals surface area contributed by atoms with Gasteiger partial charge in [0, 0.05) is 24.8 Å². The Morgan fingerprint density at radius 2 is 2.14 bits per heavy atom. The van der Waals surface area contributed by atoms with Gasteiger partial charge in [-0.15, -0.1) is 0 Å². The number of nitrogens with zero attached hydrogens (tertiary/aromatic N) is 1. The van der Waals surface area contributed by atoms with Crippen LogP contribution in [0.2, 0.25) is 0 Å². The van der Waals surface area contributed by atoms with E-state index in [4.69, 9.17) is 5.73 Å². The summed E-state index contributed by atoms with van der Waals surface area (Å²) in [6, 6.07) is 8.91. The molecule has 0 saturated carbocycles. The van der Waals surface area contributed by atoms with Gasteiger partial charge in [-0.2, -0.15) is 0 Å². The van der Waals surface area contributed by atoms with Gasteiger partial charge >= 0.3 is 0 Å². The predicted molar refractivity (Wildman–Crippen MR) is 60.3 cm³/mol. The maximum Gasteiger partial charge on any atom is 0.0477 e. The number of aryl methyl sites for hydroxylation is 1. The van der Waals surface area contributed by atoms with Gasteiger partial charge in [0.15, 0.2) is 0 Å². The molecule has 0 bridgehead atoms. The Kier molecular flexibility index (Phi) is 2.30. The van der Waals surface area contributed by atoms with E-state index in [0.717, 1.165) is 6.42 Å². The number of rotatable bonds is 2. The van der Waals surface area contributed by atoms with Crippen molar-refractivity contribution in [1.82, 2.24) is 4.57 Å². The predicted octanol–water partition coefficient (Wildman–Crippen LogP) is 2.07. The summed E-state index contributed by atoms with van der Waals surface area (Å²) in [6.07, 6.45) is 3.03. The van der Waals surface area contributed by atoms with Gasteiger partial charge in [0.05, 0.1) is 0 Å². The molecule has 1 aromatic heterocycles. The van der Waals surface area contributed by atoms with Crippen LogP contribution in [0.4, 0.5) is 0 Å². The first-order valence-corrected chi connectivity index (χ1v) is 4.96. The molecule has 0 spiro atoms. The van der Waals surface area contributed by atoms with Gasteiger partial charge in [-0.25, -0.2) is 0 Å². The van der Waals surface area contributed by atoms with E-state index in [9.17, 15) is 0 Å². The summed E-state index contributed by atoms with van der Waals surface area (Å²) in [5.41, 5.74) is 8.36. The Morgan fingerprint density at radius 1 is 1.36 bits per heavy atom. The molecular weight excluding hydrogens is 172 g/mol. The summed E-state index contributed by atoms with van der Waals surface area (Å²) in [7, 11) is 2.06. The lowest BCUT2D eigenvalue weighted by Gasteiger charge is -2.05. The van der Waals surface area contributed by atoms with E-state index in [1.807, 2.05) is 6.92 Å². The number of fused-ring (bicyclic) bond motifs is 1. The monoisotopic (exact) mass is 188 g/mol. The number of benzene rings is 1. The molecule has 0 radical (unpaired) electrons. The Morgan fingerprint density at radius 3 is 2.86 bits per heavy atom. The first kappa shape index (κ1) is 9.28. The normalized spacial score (nSPS) is 13.4. The third-order valence-corrected chi connectivity index (χ3v) is 2.51. The van der Waals surface area contributed by atoms with Crippen LogP contribution in [0.1, 0.15) is 12.5 Å². The average molecular weight is 188 g/mol. The Labute approximate surface area is 84.3 Å². The van der Waals surface area contributed by atoms with Crippen molar-refractivity contribution in [2.45, 2.75) is 19.4 Å². The molecule has 2 heteroatoms. The van der Waals surface area contributed by atoms with Gasteiger partial charge < -0.3 is 10.3 Å². The molecular formula is C12H16N2. The van der Waals surface area contributed by atoms with Gasteiger partial charge in [-0.05, 0) is 42.5 Å². The van der Waals surface area contributed by atoms with Crippen LogP contribution in [0, 0.1) is 0 Å². The van der Waals surface area contributed by atoms with Crippen LogP contribution in [0.25, 0.3) is 10.9 Å². The van der Waals surface area contributed by atoms with Crippen LogP contribution in [0.3, 0.4) is 0 Å². The standard InChI is InChI=1S/C12H16N2/c1-9(13)7-10-3-4-12-11(8-10)5-6-14(12)2/h3-6,8-9H,7,13H2,1-2H3/t9-/m1/s1. The summed E-state index contributed by atoms with van der Waals surface area (Å²) in [5, 5.41) is 1.30. The minimum absolute atomic E-state index is 0.233. The SMILES string of the molecule is C[C@@H](N)Cc1ccc2c(ccn2C)c1. The minimum atomic E-state index is 0.233. The second-order valence-electron chi connectivity index (χ2n) is 4.00. The first-order valence-electron chi connectivity index (χ1n) is 4.96. The molecule has 14 heavy (non-hydrogen) atoms. The Hall–Kier alpha value is -1.28. The Balaban J connectivity index is 2.42. The van der Waals surface area contributed by atoms with Crippen molar-refractivity contribution in [3.8, 4) is 0 Å². The number of aromatic nitrogens is 1. The zero-order valence-electron chi connectivity index (χ0n) is 8.70. The van der Waals surface area contributed by atoms with Crippen LogP contribution in [-0.4, -0.2) is 10.6 Å². The lowest BCUT2D eigenvalue weighted by molar-refractivity contribution is 0.739. The summed E-state index contributed by atoms with van der Waals surface area (Å²) in [6.45, 7) is 2.04. The second-order valence-corrected chi connectivity index (χ2v) is 4.00. The molecule has 0 amide bonds. The molecule has 1 aromatic carbocycles. The van der Waals surface area contributed by atoms with Crippen molar-refractivity contribution >= 4 is 10.9 Å². The van der Waals surface area contributed by atoms with Crippen molar-refractivity contribution in [2.24, 2.45) is 12.8 Å². The van der Waals surface area contributed by atoms with Crippen molar-refractivity contribution in [3.63, 3.8) is 0 Å². The molecule has 0 unspecified atom stereocenters. The summed E-state index contributed by atoms with van der Waals surface area (Å²) < 4.78 is 2.13. The lowest BCUT2D eigenvalue weighted by Crippen LogP contribution is -2.17. The third-order valence-electron chi connectivity index (χ3n) is 2.51. The van der Waals surface area contributed by atoms with E-state index in [1.54, 1.807) is 0 Å². The minimum Gasteiger partial charge on any atom is -0.351 e. The van der Waals surface area contributed by atoms with Crippen molar-refractivity contribution in [2.75, 3.05) is 0 Å². The van der Waals surface area contributed by atoms with Crippen molar-refractivity contribution < 1.29 is 0 Å². The molecule has 1 atom stereocenters. The quantitative estimate of drug-likeness (QED) is 0.768. The molecule has 2 rings (SSSR count). The molecule has 0 fully saturated rings. The van der Waals surface area contributed by atoms with Crippen LogP contribution < -0.4 is 5.73 Å². The maximum absolute atomic E-state index is 5.77. The summed E-state index contributed by atoms with van der Waals surface area (Å²) in [5.74, 6) is 0. The van der Waals surface area contributed by atoms with Crippen LogP contribution in [0.5, 0.6) is 0 Å². The van der Waals surface area contributed by atoms with Gasteiger partial charge in [-0.1, -0.05) is 6.07 Å². The number of nitrogens with two attached hydrogens (primary N) is 1. The third kappa shape index (κ3) is 1.66. The van der Waals surface area contributed by atoms with Gasteiger partial charge in [0.1, 0.15) is 0 Å². The average Bonchev–Trinajstić information content (AvgIpc) is 2.46. The Bertz CT molecular complexity index is 441. The van der Waals surface area contributed by atoms with E-state index in [2.05, 4.69) is 42.1 Å². The zero-order valence-corrected chi connectivity index (χ0v) is 8.70.